The Balaban J connectivity index is 3.20. The van der Waals surface area contributed by atoms with Gasteiger partial charge in [-0.25, -0.2) is 4.98 Å². The molecule has 0 bridgehead atoms. The zero-order chi connectivity index (χ0) is 8.43. The van der Waals surface area contributed by atoms with Crippen molar-refractivity contribution in [1.82, 2.24) is 4.98 Å². The van der Waals surface area contributed by atoms with Crippen LogP contribution in [0.2, 0.25) is 10.2 Å². The molecule has 0 spiro atoms. The smallest absolute Gasteiger partial charge is 0.130 e. The SMILES string of the molecule is C=C(C)c1cnc(Cl)cc1Cl. The Morgan fingerprint density at radius 2 is 2.18 bits per heavy atom. The summed E-state index contributed by atoms with van der Waals surface area (Å²) in [6, 6.07) is 1.60. The van der Waals surface area contributed by atoms with E-state index in [0.29, 0.717) is 10.2 Å². The number of aromatic nitrogens is 1. The zero-order valence-electron chi connectivity index (χ0n) is 6.06. The number of halogens is 2. The molecule has 1 nitrogen and oxygen atoms in total. The first-order chi connectivity index (χ1) is 5.11. The number of nitrogens with zero attached hydrogens (tertiary/aromatic N) is 1. The van der Waals surface area contributed by atoms with Gasteiger partial charge in [0.2, 0.25) is 0 Å². The normalized spacial score (nSPS) is 9.73. The van der Waals surface area contributed by atoms with Crippen LogP contribution in [0.1, 0.15) is 12.5 Å². The molecule has 0 aliphatic rings. The van der Waals surface area contributed by atoms with E-state index in [1.807, 2.05) is 6.92 Å². The molecule has 0 N–H and O–H groups in total. The van der Waals surface area contributed by atoms with E-state index in [1.54, 1.807) is 12.3 Å². The molecule has 1 heterocycles. The summed E-state index contributed by atoms with van der Waals surface area (Å²) in [4.78, 5) is 3.88. The summed E-state index contributed by atoms with van der Waals surface area (Å²) >= 11 is 11.4. The largest absolute Gasteiger partial charge is 0.244 e. The first kappa shape index (κ1) is 8.57. The minimum absolute atomic E-state index is 0.403. The third-order valence-corrected chi connectivity index (χ3v) is 1.80. The Hall–Kier alpha value is -0.530. The molecule has 0 fully saturated rings. The maximum absolute atomic E-state index is 5.84. The van der Waals surface area contributed by atoms with E-state index in [1.165, 1.54) is 0 Å². The topological polar surface area (TPSA) is 12.9 Å². The molecule has 0 saturated carbocycles. The fourth-order valence-electron chi connectivity index (χ4n) is 0.722. The highest BCUT2D eigenvalue weighted by Crippen LogP contribution is 2.23. The molecule has 1 rings (SSSR count). The van der Waals surface area contributed by atoms with Crippen molar-refractivity contribution in [1.29, 1.82) is 0 Å². The van der Waals surface area contributed by atoms with Crippen LogP contribution in [-0.2, 0) is 0 Å². The Labute approximate surface area is 75.7 Å². The van der Waals surface area contributed by atoms with Gasteiger partial charge in [-0.1, -0.05) is 29.8 Å². The molecule has 58 valence electrons. The summed E-state index contributed by atoms with van der Waals surface area (Å²) in [5, 5.41) is 0.998. The summed E-state index contributed by atoms with van der Waals surface area (Å²) in [5.74, 6) is 0. The van der Waals surface area contributed by atoms with Gasteiger partial charge in [0.1, 0.15) is 5.15 Å². The van der Waals surface area contributed by atoms with Gasteiger partial charge >= 0.3 is 0 Å². The molecule has 0 aliphatic heterocycles. The van der Waals surface area contributed by atoms with Crippen LogP contribution in [0.25, 0.3) is 5.57 Å². The zero-order valence-corrected chi connectivity index (χ0v) is 7.58. The summed E-state index contributed by atoms with van der Waals surface area (Å²) in [6.45, 7) is 5.62. The lowest BCUT2D eigenvalue weighted by atomic mass is 10.1. The van der Waals surface area contributed by atoms with Crippen molar-refractivity contribution < 1.29 is 0 Å². The van der Waals surface area contributed by atoms with Crippen LogP contribution >= 0.6 is 23.2 Å². The Morgan fingerprint density at radius 1 is 1.55 bits per heavy atom. The van der Waals surface area contributed by atoms with Crippen LogP contribution in [0.3, 0.4) is 0 Å². The van der Waals surface area contributed by atoms with Gasteiger partial charge in [0.25, 0.3) is 0 Å². The quantitative estimate of drug-likeness (QED) is 0.615. The summed E-state index contributed by atoms with van der Waals surface area (Å²) < 4.78 is 0. The van der Waals surface area contributed by atoms with Crippen molar-refractivity contribution in [3.05, 3.63) is 34.6 Å². The Bertz CT molecular complexity index is 294. The standard InChI is InChI=1S/C8H7Cl2N/c1-5(2)6-4-11-8(10)3-7(6)9/h3-4H,1H2,2H3. The van der Waals surface area contributed by atoms with Gasteiger partial charge in [-0.2, -0.15) is 0 Å². The number of hydrogen-bond acceptors (Lipinski definition) is 1. The molecule has 0 amide bonds. The van der Waals surface area contributed by atoms with E-state index in [9.17, 15) is 0 Å². The lowest BCUT2D eigenvalue weighted by molar-refractivity contribution is 1.31. The average Bonchev–Trinajstić information content (AvgIpc) is 1.85. The molecular formula is C8H7Cl2N. The van der Waals surface area contributed by atoms with Gasteiger partial charge < -0.3 is 0 Å². The van der Waals surface area contributed by atoms with E-state index in [-0.39, 0.29) is 0 Å². The maximum atomic E-state index is 5.84. The average molecular weight is 188 g/mol. The highest BCUT2D eigenvalue weighted by molar-refractivity contribution is 6.35. The van der Waals surface area contributed by atoms with Crippen LogP contribution < -0.4 is 0 Å². The van der Waals surface area contributed by atoms with E-state index < -0.39 is 0 Å². The Morgan fingerprint density at radius 3 is 2.64 bits per heavy atom. The second-order valence-electron chi connectivity index (χ2n) is 2.27. The van der Waals surface area contributed by atoms with Gasteiger partial charge in [-0.05, 0) is 18.6 Å². The van der Waals surface area contributed by atoms with E-state index in [4.69, 9.17) is 23.2 Å². The van der Waals surface area contributed by atoms with Crippen LogP contribution in [0.5, 0.6) is 0 Å². The van der Waals surface area contributed by atoms with Crippen molar-refractivity contribution in [2.75, 3.05) is 0 Å². The molecule has 0 unspecified atom stereocenters. The lowest BCUT2D eigenvalue weighted by Crippen LogP contribution is -1.83. The van der Waals surface area contributed by atoms with Crippen molar-refractivity contribution in [2.24, 2.45) is 0 Å². The van der Waals surface area contributed by atoms with Gasteiger partial charge in [-0.3, -0.25) is 0 Å². The van der Waals surface area contributed by atoms with Gasteiger partial charge in [0, 0.05) is 11.8 Å². The third-order valence-electron chi connectivity index (χ3n) is 1.28. The minimum Gasteiger partial charge on any atom is -0.244 e. The minimum atomic E-state index is 0.403. The molecule has 11 heavy (non-hydrogen) atoms. The molecule has 0 aromatic carbocycles. The summed E-state index contributed by atoms with van der Waals surface area (Å²) in [5.41, 5.74) is 1.73. The first-order valence-electron chi connectivity index (χ1n) is 3.08. The monoisotopic (exact) mass is 187 g/mol. The highest BCUT2D eigenvalue weighted by Gasteiger charge is 2.01. The van der Waals surface area contributed by atoms with E-state index >= 15 is 0 Å². The van der Waals surface area contributed by atoms with Crippen molar-refractivity contribution in [3.63, 3.8) is 0 Å². The fraction of sp³-hybridized carbons (Fsp3) is 0.125. The third kappa shape index (κ3) is 1.95. The second kappa shape index (κ2) is 3.24. The number of rotatable bonds is 1. The van der Waals surface area contributed by atoms with E-state index in [2.05, 4.69) is 11.6 Å². The highest BCUT2D eigenvalue weighted by atomic mass is 35.5. The van der Waals surface area contributed by atoms with E-state index in [0.717, 1.165) is 11.1 Å². The van der Waals surface area contributed by atoms with Gasteiger partial charge in [0.05, 0.1) is 5.02 Å². The first-order valence-corrected chi connectivity index (χ1v) is 3.84. The van der Waals surface area contributed by atoms with Crippen LogP contribution in [0.4, 0.5) is 0 Å². The van der Waals surface area contributed by atoms with Crippen molar-refractivity contribution in [2.45, 2.75) is 6.92 Å². The predicted octanol–water partition coefficient (Wildman–Crippen LogP) is 3.42. The summed E-state index contributed by atoms with van der Waals surface area (Å²) in [7, 11) is 0. The van der Waals surface area contributed by atoms with Crippen molar-refractivity contribution in [3.8, 4) is 0 Å². The molecular weight excluding hydrogens is 181 g/mol. The Kier molecular flexibility index (Phi) is 2.53. The molecule has 1 aromatic heterocycles. The van der Waals surface area contributed by atoms with Gasteiger partial charge in [-0.15, -0.1) is 0 Å². The lowest BCUT2D eigenvalue weighted by Gasteiger charge is -2.01. The number of allylic oxidation sites excluding steroid dienone is 1. The van der Waals surface area contributed by atoms with Crippen LogP contribution in [0, 0.1) is 0 Å². The molecule has 0 saturated heterocycles. The number of pyridine rings is 1. The maximum Gasteiger partial charge on any atom is 0.130 e. The molecule has 0 radical (unpaired) electrons. The van der Waals surface area contributed by atoms with Gasteiger partial charge in [0.15, 0.2) is 0 Å². The van der Waals surface area contributed by atoms with Crippen molar-refractivity contribution >= 4 is 28.8 Å². The predicted molar refractivity (Wildman–Crippen MR) is 49.0 cm³/mol. The fourth-order valence-corrected chi connectivity index (χ4v) is 1.25. The molecule has 3 heteroatoms. The molecule has 0 atom stereocenters. The molecule has 1 aromatic rings. The van der Waals surface area contributed by atoms with Crippen LogP contribution in [-0.4, -0.2) is 4.98 Å². The van der Waals surface area contributed by atoms with Crippen LogP contribution in [0.15, 0.2) is 18.8 Å². The molecule has 0 aliphatic carbocycles. The second-order valence-corrected chi connectivity index (χ2v) is 3.06. The summed E-state index contributed by atoms with van der Waals surface area (Å²) in [6.07, 6.45) is 1.62. The number of hydrogen-bond donors (Lipinski definition) is 0.